The van der Waals surface area contributed by atoms with Crippen LogP contribution in [-0.2, 0) is 9.59 Å². The monoisotopic (exact) mass is 270 g/mol. The first-order valence-corrected chi connectivity index (χ1v) is 6.50. The molecule has 0 radical (unpaired) electrons. The molecule has 19 heavy (non-hydrogen) atoms. The zero-order valence-corrected chi connectivity index (χ0v) is 11.7. The highest BCUT2D eigenvalue weighted by Gasteiger charge is 2.34. The molecule has 3 amide bonds. The summed E-state index contributed by atoms with van der Waals surface area (Å²) in [5.41, 5.74) is 0.141. The molecule has 0 saturated carbocycles. The molecule has 0 aliphatic carbocycles. The van der Waals surface area contributed by atoms with Gasteiger partial charge in [-0.05, 0) is 17.8 Å². The van der Waals surface area contributed by atoms with Gasteiger partial charge >= 0.3 is 12.0 Å². The Morgan fingerprint density at radius 1 is 1.26 bits per heavy atom. The van der Waals surface area contributed by atoms with Crippen molar-refractivity contribution in [2.45, 2.75) is 40.0 Å². The lowest BCUT2D eigenvalue weighted by Gasteiger charge is -2.26. The fourth-order valence-corrected chi connectivity index (χ4v) is 2.13. The van der Waals surface area contributed by atoms with Crippen LogP contribution in [0.25, 0.3) is 0 Å². The summed E-state index contributed by atoms with van der Waals surface area (Å²) >= 11 is 0. The van der Waals surface area contributed by atoms with E-state index in [1.165, 1.54) is 0 Å². The fraction of sp³-hybridized carbons (Fsp3) is 0.769. The zero-order chi connectivity index (χ0) is 14.6. The molecule has 0 bridgehead atoms. The maximum absolute atomic E-state index is 11.8. The first kappa shape index (κ1) is 15.5. The van der Waals surface area contributed by atoms with E-state index in [4.69, 9.17) is 5.11 Å². The van der Waals surface area contributed by atoms with Crippen molar-refractivity contribution >= 4 is 17.9 Å². The normalized spacial score (nSPS) is 19.3. The Labute approximate surface area is 113 Å². The van der Waals surface area contributed by atoms with Gasteiger partial charge in [-0.15, -0.1) is 0 Å². The van der Waals surface area contributed by atoms with E-state index in [2.05, 4.69) is 26.1 Å². The predicted octanol–water partition coefficient (Wildman–Crippen LogP) is 1.46. The second-order valence-corrected chi connectivity index (χ2v) is 6.04. The molecule has 1 unspecified atom stereocenters. The summed E-state index contributed by atoms with van der Waals surface area (Å²) in [6, 6.07) is -0.415. The van der Waals surface area contributed by atoms with Crippen LogP contribution in [0.2, 0.25) is 0 Å². The van der Waals surface area contributed by atoms with Crippen LogP contribution < -0.4 is 5.32 Å². The first-order valence-electron chi connectivity index (χ1n) is 6.50. The minimum atomic E-state index is -1.04. The maximum atomic E-state index is 11.8. The van der Waals surface area contributed by atoms with E-state index in [0.717, 1.165) is 6.42 Å². The van der Waals surface area contributed by atoms with Gasteiger partial charge in [0.05, 0.1) is 6.42 Å². The van der Waals surface area contributed by atoms with Crippen LogP contribution in [0.3, 0.4) is 0 Å². The third kappa shape index (κ3) is 4.89. The minimum absolute atomic E-state index is 0.141. The highest BCUT2D eigenvalue weighted by molar-refractivity contribution is 5.95. The molecule has 1 atom stereocenters. The van der Waals surface area contributed by atoms with Gasteiger partial charge in [-0.1, -0.05) is 20.8 Å². The van der Waals surface area contributed by atoms with Gasteiger partial charge in [-0.3, -0.25) is 14.9 Å². The number of carboxylic acid groups (broad SMARTS) is 1. The lowest BCUT2D eigenvalue weighted by molar-refractivity contribution is -0.138. The molecular formula is C13H22N2O4. The highest BCUT2D eigenvalue weighted by atomic mass is 16.4. The lowest BCUT2D eigenvalue weighted by atomic mass is 9.80. The van der Waals surface area contributed by atoms with Crippen molar-refractivity contribution in [3.63, 3.8) is 0 Å². The molecule has 0 aromatic carbocycles. The van der Waals surface area contributed by atoms with Crippen molar-refractivity contribution in [1.29, 1.82) is 0 Å². The van der Waals surface area contributed by atoms with Crippen LogP contribution in [-0.4, -0.2) is 41.0 Å². The third-order valence-corrected chi connectivity index (χ3v) is 3.51. The molecule has 6 nitrogen and oxygen atoms in total. The molecule has 1 rings (SSSR count). The van der Waals surface area contributed by atoms with E-state index in [1.54, 1.807) is 4.90 Å². The quantitative estimate of drug-likeness (QED) is 0.812. The molecule has 0 aromatic heterocycles. The van der Waals surface area contributed by atoms with E-state index >= 15 is 0 Å². The number of urea groups is 1. The van der Waals surface area contributed by atoms with Gasteiger partial charge in [0.15, 0.2) is 0 Å². The van der Waals surface area contributed by atoms with Gasteiger partial charge in [-0.2, -0.15) is 0 Å². The largest absolute Gasteiger partial charge is 0.481 e. The Bertz CT molecular complexity index is 373. The zero-order valence-electron chi connectivity index (χ0n) is 11.7. The average Bonchev–Trinajstić information content (AvgIpc) is 2.75. The molecule has 1 saturated heterocycles. The van der Waals surface area contributed by atoms with Crippen LogP contribution >= 0.6 is 0 Å². The topological polar surface area (TPSA) is 86.7 Å². The molecule has 6 heteroatoms. The number of nitrogens with zero attached hydrogens (tertiary/aromatic N) is 1. The Balaban J connectivity index is 2.39. The number of carboxylic acids is 1. The van der Waals surface area contributed by atoms with Gasteiger partial charge < -0.3 is 10.0 Å². The number of amides is 3. The number of likely N-dealkylation sites (tertiary alicyclic amines) is 1. The molecular weight excluding hydrogens is 248 g/mol. The molecule has 1 aliphatic heterocycles. The number of rotatable bonds is 3. The Morgan fingerprint density at radius 2 is 1.89 bits per heavy atom. The number of imide groups is 1. The van der Waals surface area contributed by atoms with E-state index in [0.29, 0.717) is 19.0 Å². The van der Waals surface area contributed by atoms with E-state index in [1.807, 2.05) is 0 Å². The smallest absolute Gasteiger partial charge is 0.324 e. The van der Waals surface area contributed by atoms with E-state index in [9.17, 15) is 14.4 Å². The van der Waals surface area contributed by atoms with Crippen LogP contribution in [0.4, 0.5) is 4.79 Å². The second-order valence-electron chi connectivity index (χ2n) is 6.04. The van der Waals surface area contributed by atoms with E-state index in [-0.39, 0.29) is 18.3 Å². The highest BCUT2D eigenvalue weighted by Crippen LogP contribution is 2.33. The summed E-state index contributed by atoms with van der Waals surface area (Å²) in [5.74, 6) is -1.16. The summed E-state index contributed by atoms with van der Waals surface area (Å²) in [4.78, 5) is 35.1. The van der Waals surface area contributed by atoms with Crippen molar-refractivity contribution in [2.24, 2.45) is 11.3 Å². The standard InChI is InChI=1S/C13H22N2O4/c1-13(2,3)9-6-7-15(8-9)12(19)14-10(16)4-5-11(17)18/h9H,4-8H2,1-3H3,(H,17,18)(H,14,16,19). The van der Waals surface area contributed by atoms with Gasteiger partial charge in [0, 0.05) is 19.5 Å². The van der Waals surface area contributed by atoms with Crippen LogP contribution in [0.1, 0.15) is 40.0 Å². The molecule has 1 heterocycles. The molecule has 108 valence electrons. The van der Waals surface area contributed by atoms with Crippen molar-refractivity contribution < 1.29 is 19.5 Å². The third-order valence-electron chi connectivity index (χ3n) is 3.51. The summed E-state index contributed by atoms with van der Waals surface area (Å²) in [6.45, 7) is 7.69. The van der Waals surface area contributed by atoms with Crippen LogP contribution in [0.15, 0.2) is 0 Å². The van der Waals surface area contributed by atoms with E-state index < -0.39 is 17.9 Å². The van der Waals surface area contributed by atoms with Crippen molar-refractivity contribution in [3.8, 4) is 0 Å². The Morgan fingerprint density at radius 3 is 2.37 bits per heavy atom. The van der Waals surface area contributed by atoms with Gasteiger partial charge in [0.1, 0.15) is 0 Å². The molecule has 0 aromatic rings. The van der Waals surface area contributed by atoms with Gasteiger partial charge in [0.2, 0.25) is 5.91 Å². The lowest BCUT2D eigenvalue weighted by Crippen LogP contribution is -2.42. The van der Waals surface area contributed by atoms with Crippen molar-refractivity contribution in [3.05, 3.63) is 0 Å². The number of carbonyl (C=O) groups excluding carboxylic acids is 2. The maximum Gasteiger partial charge on any atom is 0.324 e. The number of carbonyl (C=O) groups is 3. The van der Waals surface area contributed by atoms with Crippen LogP contribution in [0, 0.1) is 11.3 Å². The number of hydrogen-bond donors (Lipinski definition) is 2. The number of nitrogens with one attached hydrogen (secondary N) is 1. The van der Waals surface area contributed by atoms with Crippen molar-refractivity contribution in [2.75, 3.05) is 13.1 Å². The summed E-state index contributed by atoms with van der Waals surface area (Å²) < 4.78 is 0. The van der Waals surface area contributed by atoms with Gasteiger partial charge in [0.25, 0.3) is 0 Å². The summed E-state index contributed by atoms with van der Waals surface area (Å²) in [6.07, 6.45) is 0.502. The molecule has 0 spiro atoms. The molecule has 1 aliphatic rings. The minimum Gasteiger partial charge on any atom is -0.481 e. The van der Waals surface area contributed by atoms with Crippen LogP contribution in [0.5, 0.6) is 0 Å². The molecule has 1 fully saturated rings. The Hall–Kier alpha value is -1.59. The number of aliphatic carboxylic acids is 1. The number of hydrogen-bond acceptors (Lipinski definition) is 3. The predicted molar refractivity (Wildman–Crippen MR) is 69.5 cm³/mol. The fourth-order valence-electron chi connectivity index (χ4n) is 2.13. The average molecular weight is 270 g/mol. The first-order chi connectivity index (χ1) is 8.70. The molecule has 2 N–H and O–H groups in total. The Kier molecular flexibility index (Phi) is 4.91. The summed E-state index contributed by atoms with van der Waals surface area (Å²) in [7, 11) is 0. The summed E-state index contributed by atoms with van der Waals surface area (Å²) in [5, 5.41) is 10.7. The van der Waals surface area contributed by atoms with Crippen molar-refractivity contribution in [1.82, 2.24) is 10.2 Å². The SMILES string of the molecule is CC(C)(C)C1CCN(C(=O)NC(=O)CCC(=O)O)C1. The second kappa shape index (κ2) is 6.04. The van der Waals surface area contributed by atoms with Gasteiger partial charge in [-0.25, -0.2) is 4.79 Å².